The summed E-state index contributed by atoms with van der Waals surface area (Å²) in [6, 6.07) is 14.5. The molecule has 172 valence electrons. The summed E-state index contributed by atoms with van der Waals surface area (Å²) in [6.07, 6.45) is 2.78. The van der Waals surface area contributed by atoms with Gasteiger partial charge in [0, 0.05) is 21.2 Å². The van der Waals surface area contributed by atoms with Crippen LogP contribution in [0.5, 0.6) is 0 Å². The van der Waals surface area contributed by atoms with Crippen molar-refractivity contribution in [2.24, 2.45) is 11.3 Å². The predicted octanol–water partition coefficient (Wildman–Crippen LogP) is 7.37. The van der Waals surface area contributed by atoms with Crippen molar-refractivity contribution in [3.63, 3.8) is 0 Å². The summed E-state index contributed by atoms with van der Waals surface area (Å²) in [4.78, 5) is 27.6. The number of benzene rings is 2. The van der Waals surface area contributed by atoms with Crippen LogP contribution in [0.25, 0.3) is 0 Å². The van der Waals surface area contributed by atoms with E-state index < -0.39 is 0 Å². The summed E-state index contributed by atoms with van der Waals surface area (Å²) in [6.45, 7) is 8.79. The highest BCUT2D eigenvalue weighted by Crippen LogP contribution is 2.44. The van der Waals surface area contributed by atoms with Gasteiger partial charge in [-0.05, 0) is 79.5 Å². The Hall–Kier alpha value is -2.63. The molecule has 0 saturated carbocycles. The molecule has 0 unspecified atom stereocenters. The molecule has 3 aromatic rings. The second kappa shape index (κ2) is 9.32. The zero-order valence-electron chi connectivity index (χ0n) is 19.4. The van der Waals surface area contributed by atoms with Crippen LogP contribution < -0.4 is 10.6 Å². The van der Waals surface area contributed by atoms with Gasteiger partial charge in [-0.1, -0.05) is 50.1 Å². The van der Waals surface area contributed by atoms with Crippen molar-refractivity contribution < 1.29 is 9.59 Å². The van der Waals surface area contributed by atoms with Crippen LogP contribution in [0.1, 0.15) is 63.9 Å². The highest BCUT2D eigenvalue weighted by Gasteiger charge is 2.34. The monoisotopic (exact) mass is 480 g/mol. The van der Waals surface area contributed by atoms with Crippen LogP contribution in [-0.4, -0.2) is 11.8 Å². The zero-order chi connectivity index (χ0) is 23.8. The number of hydrogen-bond acceptors (Lipinski definition) is 3. The lowest BCUT2D eigenvalue weighted by Crippen LogP contribution is -2.27. The third-order valence-corrected chi connectivity index (χ3v) is 7.78. The molecule has 4 nitrogen and oxygen atoms in total. The number of carbonyl (C=O) groups excluding carboxylic acids is 2. The Kier molecular flexibility index (Phi) is 6.64. The molecule has 0 saturated heterocycles. The van der Waals surface area contributed by atoms with E-state index in [0.717, 1.165) is 30.4 Å². The number of anilines is 2. The van der Waals surface area contributed by atoms with Crippen molar-refractivity contribution in [3.05, 3.63) is 80.7 Å². The van der Waals surface area contributed by atoms with Crippen LogP contribution in [-0.2, 0) is 12.8 Å². The van der Waals surface area contributed by atoms with E-state index in [4.69, 9.17) is 11.6 Å². The Balaban J connectivity index is 1.67. The smallest absolute Gasteiger partial charge is 0.258 e. The molecule has 0 radical (unpaired) electrons. The molecule has 1 aliphatic carbocycles. The van der Waals surface area contributed by atoms with Gasteiger partial charge in [-0.25, -0.2) is 0 Å². The normalized spacial score (nSPS) is 15.6. The minimum atomic E-state index is -0.207. The summed E-state index contributed by atoms with van der Waals surface area (Å²) in [7, 11) is 0. The summed E-state index contributed by atoms with van der Waals surface area (Å²) in [5, 5.41) is 7.24. The maximum absolute atomic E-state index is 13.4. The summed E-state index contributed by atoms with van der Waals surface area (Å²) >= 11 is 7.52. The zero-order valence-corrected chi connectivity index (χ0v) is 21.0. The van der Waals surface area contributed by atoms with E-state index in [0.29, 0.717) is 32.8 Å². The molecule has 0 spiro atoms. The Morgan fingerprint density at radius 1 is 0.970 bits per heavy atom. The molecule has 6 heteroatoms. The van der Waals surface area contributed by atoms with Crippen molar-refractivity contribution >= 4 is 45.4 Å². The minimum Gasteiger partial charge on any atom is -0.322 e. The lowest BCUT2D eigenvalue weighted by atomic mass is 9.72. The summed E-state index contributed by atoms with van der Waals surface area (Å²) in [5.74, 6) is 0.126. The average Bonchev–Trinajstić information content (AvgIpc) is 3.12. The van der Waals surface area contributed by atoms with Crippen molar-refractivity contribution in [3.8, 4) is 0 Å². The number of fused-ring (bicyclic) bond motifs is 1. The molecule has 0 fully saturated rings. The fourth-order valence-electron chi connectivity index (χ4n) is 4.26. The molecule has 1 aromatic heterocycles. The molecule has 33 heavy (non-hydrogen) atoms. The third kappa shape index (κ3) is 5.31. The maximum Gasteiger partial charge on any atom is 0.258 e. The van der Waals surface area contributed by atoms with Gasteiger partial charge in [0.25, 0.3) is 11.8 Å². The van der Waals surface area contributed by atoms with Gasteiger partial charge in [0.2, 0.25) is 0 Å². The Morgan fingerprint density at radius 2 is 1.64 bits per heavy atom. The molecule has 0 aliphatic heterocycles. The van der Waals surface area contributed by atoms with Gasteiger partial charge >= 0.3 is 0 Å². The van der Waals surface area contributed by atoms with Gasteiger partial charge in [-0.2, -0.15) is 0 Å². The molecular weight excluding hydrogens is 452 g/mol. The highest BCUT2D eigenvalue weighted by atomic mass is 35.5. The van der Waals surface area contributed by atoms with Crippen molar-refractivity contribution in [2.75, 3.05) is 10.6 Å². The van der Waals surface area contributed by atoms with Crippen molar-refractivity contribution in [1.29, 1.82) is 0 Å². The topological polar surface area (TPSA) is 58.2 Å². The number of aryl methyl sites for hydroxylation is 1. The first-order valence-corrected chi connectivity index (χ1v) is 12.4. The summed E-state index contributed by atoms with van der Waals surface area (Å²) in [5.41, 5.74) is 4.17. The van der Waals surface area contributed by atoms with Gasteiger partial charge in [0.05, 0.1) is 5.56 Å². The predicted molar refractivity (Wildman–Crippen MR) is 138 cm³/mol. The SMILES string of the molecule is Cc1ccc(C(=O)Nc2sc3c(c2C(=O)Nc2ccc(Cl)cc2)CC[C@@H](C(C)(C)C)C3)cc1. The highest BCUT2D eigenvalue weighted by molar-refractivity contribution is 7.17. The molecule has 2 N–H and O–H groups in total. The lowest BCUT2D eigenvalue weighted by Gasteiger charge is -2.33. The molecule has 1 aliphatic rings. The number of nitrogens with one attached hydrogen (secondary N) is 2. The van der Waals surface area contributed by atoms with Gasteiger partial charge < -0.3 is 10.6 Å². The molecule has 0 bridgehead atoms. The van der Waals surface area contributed by atoms with E-state index >= 15 is 0 Å². The average molecular weight is 481 g/mol. The number of carbonyl (C=O) groups is 2. The number of amides is 2. The van der Waals surface area contributed by atoms with Crippen LogP contribution in [0, 0.1) is 18.3 Å². The van der Waals surface area contributed by atoms with Crippen molar-refractivity contribution in [1.82, 2.24) is 0 Å². The van der Waals surface area contributed by atoms with E-state index in [1.165, 1.54) is 16.2 Å². The lowest BCUT2D eigenvalue weighted by molar-refractivity contribution is 0.102. The first-order chi connectivity index (χ1) is 15.6. The van der Waals surface area contributed by atoms with E-state index in [1.54, 1.807) is 36.4 Å². The van der Waals surface area contributed by atoms with Gasteiger partial charge in [0.15, 0.2) is 0 Å². The van der Waals surface area contributed by atoms with E-state index in [-0.39, 0.29) is 17.2 Å². The fourth-order valence-corrected chi connectivity index (χ4v) is 5.71. The van der Waals surface area contributed by atoms with Crippen LogP contribution in [0.2, 0.25) is 5.02 Å². The van der Waals surface area contributed by atoms with Gasteiger partial charge in [-0.15, -0.1) is 11.3 Å². The molecule has 2 amide bonds. The number of rotatable bonds is 4. The largest absolute Gasteiger partial charge is 0.322 e. The summed E-state index contributed by atoms with van der Waals surface area (Å²) < 4.78 is 0. The van der Waals surface area contributed by atoms with Gasteiger partial charge in [0.1, 0.15) is 5.00 Å². The fraction of sp³-hybridized carbons (Fsp3) is 0.333. The van der Waals surface area contributed by atoms with E-state index in [9.17, 15) is 9.59 Å². The molecule has 1 atom stereocenters. The second-order valence-corrected chi connectivity index (χ2v) is 11.3. The third-order valence-electron chi connectivity index (χ3n) is 6.36. The number of thiophene rings is 1. The molecular formula is C27H29ClN2O2S. The Labute approximate surface area is 204 Å². The number of hydrogen-bond donors (Lipinski definition) is 2. The van der Waals surface area contributed by atoms with Crippen LogP contribution >= 0.6 is 22.9 Å². The van der Waals surface area contributed by atoms with E-state index in [1.807, 2.05) is 19.1 Å². The van der Waals surface area contributed by atoms with Crippen LogP contribution in [0.3, 0.4) is 0 Å². The standard InChI is InChI=1S/C27H29ClN2O2S/c1-16-5-7-17(8-6-16)24(31)30-26-23(25(32)29-20-12-10-19(28)11-13-20)21-14-9-18(27(2,3)4)15-22(21)33-26/h5-8,10-13,18H,9,14-15H2,1-4H3,(H,29,32)(H,30,31)/t18-/m1/s1. The Bertz CT molecular complexity index is 1170. The molecule has 1 heterocycles. The molecule has 2 aromatic carbocycles. The second-order valence-electron chi connectivity index (χ2n) is 9.79. The Morgan fingerprint density at radius 3 is 2.27 bits per heavy atom. The quantitative estimate of drug-likeness (QED) is 0.409. The molecule has 4 rings (SSSR count). The van der Waals surface area contributed by atoms with Gasteiger partial charge in [-0.3, -0.25) is 9.59 Å². The minimum absolute atomic E-state index is 0.193. The van der Waals surface area contributed by atoms with Crippen LogP contribution in [0.15, 0.2) is 48.5 Å². The first kappa shape index (κ1) is 23.5. The first-order valence-electron chi connectivity index (χ1n) is 11.2. The van der Waals surface area contributed by atoms with E-state index in [2.05, 4.69) is 31.4 Å². The number of halogens is 1. The maximum atomic E-state index is 13.4. The van der Waals surface area contributed by atoms with Crippen LogP contribution in [0.4, 0.5) is 10.7 Å². The van der Waals surface area contributed by atoms with Crippen molar-refractivity contribution in [2.45, 2.75) is 47.0 Å².